The van der Waals surface area contributed by atoms with Crippen LogP contribution in [0.25, 0.3) is 0 Å². The fourth-order valence-corrected chi connectivity index (χ4v) is 1.56. The Kier molecular flexibility index (Phi) is 2.71. The zero-order chi connectivity index (χ0) is 8.43. The molecule has 11 heavy (non-hydrogen) atoms. The fourth-order valence-electron chi connectivity index (χ4n) is 1.26. The first-order chi connectivity index (χ1) is 5.11. The molecular formula is C8H12BrNO. The Balaban J connectivity index is 2.49. The van der Waals surface area contributed by atoms with Crippen molar-refractivity contribution in [3.05, 3.63) is 11.1 Å². The highest BCUT2D eigenvalue weighted by Crippen LogP contribution is 2.18. The minimum atomic E-state index is 0.210. The molecule has 0 saturated carbocycles. The summed E-state index contributed by atoms with van der Waals surface area (Å²) in [6, 6.07) is 0. The van der Waals surface area contributed by atoms with Crippen LogP contribution in [0.3, 0.4) is 0 Å². The maximum absolute atomic E-state index is 11.3. The number of carbonyl (C=O) groups is 1. The van der Waals surface area contributed by atoms with Crippen LogP contribution in [0.4, 0.5) is 0 Å². The summed E-state index contributed by atoms with van der Waals surface area (Å²) in [5, 5.41) is 0. The Morgan fingerprint density at radius 3 is 2.91 bits per heavy atom. The van der Waals surface area contributed by atoms with Gasteiger partial charge in [-0.25, -0.2) is 0 Å². The lowest BCUT2D eigenvalue weighted by Gasteiger charge is -2.14. The largest absolute Gasteiger partial charge is 0.338 e. The summed E-state index contributed by atoms with van der Waals surface area (Å²) < 4.78 is 0.875. The van der Waals surface area contributed by atoms with Crippen molar-refractivity contribution in [2.24, 2.45) is 5.92 Å². The second-order valence-electron chi connectivity index (χ2n) is 2.97. The highest BCUT2D eigenvalue weighted by Gasteiger charge is 2.27. The van der Waals surface area contributed by atoms with Gasteiger partial charge in [-0.2, -0.15) is 0 Å². The average molecular weight is 218 g/mol. The first kappa shape index (κ1) is 8.78. The van der Waals surface area contributed by atoms with E-state index in [1.165, 1.54) is 0 Å². The molecule has 1 fully saturated rings. The van der Waals surface area contributed by atoms with Crippen LogP contribution in [0.15, 0.2) is 11.1 Å². The number of amides is 1. The van der Waals surface area contributed by atoms with Crippen molar-refractivity contribution in [2.75, 3.05) is 13.1 Å². The van der Waals surface area contributed by atoms with Gasteiger partial charge in [0.2, 0.25) is 5.91 Å². The quantitative estimate of drug-likeness (QED) is 0.691. The maximum Gasteiger partial charge on any atom is 0.225 e. The molecule has 0 aliphatic carbocycles. The third-order valence-electron chi connectivity index (χ3n) is 1.93. The molecule has 0 aromatic heterocycles. The molecule has 1 saturated heterocycles. The van der Waals surface area contributed by atoms with Gasteiger partial charge in [-0.1, -0.05) is 29.4 Å². The molecule has 2 nitrogen and oxygen atoms in total. The highest BCUT2D eigenvalue weighted by atomic mass is 79.9. The molecule has 1 rings (SSSR count). The fraction of sp³-hybridized carbons (Fsp3) is 0.625. The number of carbonyl (C=O) groups excluding carboxylic acids is 1. The van der Waals surface area contributed by atoms with Crippen LogP contribution in [0.1, 0.15) is 13.3 Å². The molecule has 0 spiro atoms. The summed E-state index contributed by atoms with van der Waals surface area (Å²) in [7, 11) is 0. The van der Waals surface area contributed by atoms with Crippen LogP contribution in [-0.2, 0) is 4.79 Å². The minimum Gasteiger partial charge on any atom is -0.338 e. The van der Waals surface area contributed by atoms with Crippen molar-refractivity contribution in [3.63, 3.8) is 0 Å². The van der Waals surface area contributed by atoms with Gasteiger partial charge in [-0.3, -0.25) is 4.79 Å². The molecule has 1 aliphatic heterocycles. The van der Waals surface area contributed by atoms with E-state index >= 15 is 0 Å². The Labute approximate surface area is 75.4 Å². The summed E-state index contributed by atoms with van der Waals surface area (Å²) in [4.78, 5) is 13.1. The lowest BCUT2D eigenvalue weighted by molar-refractivity contribution is -0.130. The smallest absolute Gasteiger partial charge is 0.225 e. The Morgan fingerprint density at radius 2 is 2.55 bits per heavy atom. The van der Waals surface area contributed by atoms with Crippen LogP contribution in [0, 0.1) is 5.92 Å². The van der Waals surface area contributed by atoms with Gasteiger partial charge in [0, 0.05) is 16.9 Å². The summed E-state index contributed by atoms with van der Waals surface area (Å²) in [6.45, 7) is 7.21. The molecule has 1 amide bonds. The SMILES string of the molecule is C=C(Br)CN1CCC(C)C1=O. The second-order valence-corrected chi connectivity index (χ2v) is 4.09. The van der Waals surface area contributed by atoms with Crippen molar-refractivity contribution < 1.29 is 4.79 Å². The van der Waals surface area contributed by atoms with Gasteiger partial charge in [0.25, 0.3) is 0 Å². The number of halogens is 1. The summed E-state index contributed by atoms with van der Waals surface area (Å²) in [6.07, 6.45) is 0.985. The Bertz CT molecular complexity index is 191. The minimum absolute atomic E-state index is 0.210. The van der Waals surface area contributed by atoms with E-state index in [4.69, 9.17) is 0 Å². The van der Waals surface area contributed by atoms with Crippen molar-refractivity contribution >= 4 is 21.8 Å². The van der Waals surface area contributed by atoms with Crippen LogP contribution >= 0.6 is 15.9 Å². The molecule has 0 N–H and O–H groups in total. The monoisotopic (exact) mass is 217 g/mol. The van der Waals surface area contributed by atoms with Gasteiger partial charge in [-0.15, -0.1) is 0 Å². The van der Waals surface area contributed by atoms with E-state index in [0.717, 1.165) is 17.4 Å². The lowest BCUT2D eigenvalue weighted by Crippen LogP contribution is -2.27. The molecule has 0 radical (unpaired) electrons. The predicted molar refractivity (Wildman–Crippen MR) is 48.4 cm³/mol. The molecule has 62 valence electrons. The molecule has 1 aliphatic rings. The number of hydrogen-bond donors (Lipinski definition) is 0. The Morgan fingerprint density at radius 1 is 1.91 bits per heavy atom. The normalized spacial score (nSPS) is 24.4. The third kappa shape index (κ3) is 2.06. The Hall–Kier alpha value is -0.310. The summed E-state index contributed by atoms with van der Waals surface area (Å²) >= 11 is 3.24. The van der Waals surface area contributed by atoms with Crippen LogP contribution in [-0.4, -0.2) is 23.9 Å². The average Bonchev–Trinajstić information content (AvgIpc) is 2.18. The molecule has 0 bridgehead atoms. The topological polar surface area (TPSA) is 20.3 Å². The zero-order valence-electron chi connectivity index (χ0n) is 6.64. The van der Waals surface area contributed by atoms with Crippen molar-refractivity contribution in [2.45, 2.75) is 13.3 Å². The van der Waals surface area contributed by atoms with Gasteiger partial charge in [-0.05, 0) is 6.42 Å². The number of hydrogen-bond acceptors (Lipinski definition) is 1. The molecule has 1 heterocycles. The van der Waals surface area contributed by atoms with E-state index < -0.39 is 0 Å². The van der Waals surface area contributed by atoms with Crippen LogP contribution < -0.4 is 0 Å². The molecule has 0 aromatic rings. The molecule has 1 atom stereocenters. The van der Waals surface area contributed by atoms with Gasteiger partial charge in [0.15, 0.2) is 0 Å². The van der Waals surface area contributed by atoms with E-state index in [-0.39, 0.29) is 11.8 Å². The first-order valence-corrected chi connectivity index (χ1v) is 4.52. The molecular weight excluding hydrogens is 206 g/mol. The van der Waals surface area contributed by atoms with E-state index in [2.05, 4.69) is 22.5 Å². The summed E-state index contributed by atoms with van der Waals surface area (Å²) in [5.41, 5.74) is 0. The van der Waals surface area contributed by atoms with E-state index in [9.17, 15) is 4.79 Å². The molecule has 1 unspecified atom stereocenters. The van der Waals surface area contributed by atoms with Gasteiger partial charge in [0.1, 0.15) is 0 Å². The number of rotatable bonds is 2. The van der Waals surface area contributed by atoms with Crippen molar-refractivity contribution in [1.29, 1.82) is 0 Å². The van der Waals surface area contributed by atoms with Crippen molar-refractivity contribution in [3.8, 4) is 0 Å². The highest BCUT2D eigenvalue weighted by molar-refractivity contribution is 9.11. The number of nitrogens with zero attached hydrogens (tertiary/aromatic N) is 1. The predicted octanol–water partition coefficient (Wildman–Crippen LogP) is 1.76. The maximum atomic E-state index is 11.3. The van der Waals surface area contributed by atoms with E-state index in [1.54, 1.807) is 0 Å². The third-order valence-corrected chi connectivity index (χ3v) is 2.18. The van der Waals surface area contributed by atoms with Gasteiger partial charge < -0.3 is 4.90 Å². The van der Waals surface area contributed by atoms with Gasteiger partial charge in [0.05, 0.1) is 6.54 Å². The van der Waals surface area contributed by atoms with Crippen LogP contribution in [0.2, 0.25) is 0 Å². The first-order valence-electron chi connectivity index (χ1n) is 3.73. The lowest BCUT2D eigenvalue weighted by atomic mass is 10.1. The summed E-state index contributed by atoms with van der Waals surface area (Å²) in [5.74, 6) is 0.465. The molecule has 3 heteroatoms. The number of likely N-dealkylation sites (tertiary alicyclic amines) is 1. The zero-order valence-corrected chi connectivity index (χ0v) is 8.23. The molecule has 0 aromatic carbocycles. The standard InChI is InChI=1S/C8H12BrNO/c1-6-3-4-10(8(6)11)5-7(2)9/h6H,2-5H2,1H3. The second kappa shape index (κ2) is 3.39. The van der Waals surface area contributed by atoms with Crippen molar-refractivity contribution in [1.82, 2.24) is 4.90 Å². The van der Waals surface area contributed by atoms with Gasteiger partial charge >= 0.3 is 0 Å². The van der Waals surface area contributed by atoms with E-state index in [1.807, 2.05) is 11.8 Å². The van der Waals surface area contributed by atoms with E-state index in [0.29, 0.717) is 6.54 Å². The van der Waals surface area contributed by atoms with Crippen LogP contribution in [0.5, 0.6) is 0 Å².